The van der Waals surface area contributed by atoms with Crippen molar-refractivity contribution in [2.24, 2.45) is 5.92 Å². The third kappa shape index (κ3) is 4.71. The molecule has 0 saturated carbocycles. The Kier molecular flexibility index (Phi) is 4.33. The van der Waals surface area contributed by atoms with Crippen molar-refractivity contribution in [2.75, 3.05) is 0 Å². The summed E-state index contributed by atoms with van der Waals surface area (Å²) in [5.74, 6) is -1.01. The molecule has 1 unspecified atom stereocenters. The Morgan fingerprint density at radius 2 is 2.08 bits per heavy atom. The Hall–Kier alpha value is -1.06. The second-order valence-electron chi connectivity index (χ2n) is 3.22. The lowest BCUT2D eigenvalue weighted by atomic mass is 10.1. The van der Waals surface area contributed by atoms with Gasteiger partial charge in [-0.15, -0.1) is 0 Å². The van der Waals surface area contributed by atoms with Crippen LogP contribution in [0.4, 0.5) is 0 Å². The van der Waals surface area contributed by atoms with Gasteiger partial charge in [0.15, 0.2) is 0 Å². The molecule has 0 aliphatic heterocycles. The van der Waals surface area contributed by atoms with Crippen LogP contribution in [0.3, 0.4) is 0 Å². The van der Waals surface area contributed by atoms with Gasteiger partial charge in [-0.05, 0) is 12.3 Å². The molecule has 2 N–H and O–H groups in total. The molecule has 4 heteroatoms. The zero-order chi connectivity index (χ0) is 9.72. The van der Waals surface area contributed by atoms with Crippen LogP contribution in [0.5, 0.6) is 0 Å². The molecule has 4 nitrogen and oxygen atoms in total. The summed E-state index contributed by atoms with van der Waals surface area (Å²) in [7, 11) is 0. The van der Waals surface area contributed by atoms with Gasteiger partial charge in [-0.2, -0.15) is 0 Å². The van der Waals surface area contributed by atoms with Crippen LogP contribution in [0.25, 0.3) is 0 Å². The molecule has 0 rings (SSSR count). The molecule has 1 atom stereocenters. The zero-order valence-corrected chi connectivity index (χ0v) is 7.63. The van der Waals surface area contributed by atoms with E-state index in [2.05, 4.69) is 5.32 Å². The summed E-state index contributed by atoms with van der Waals surface area (Å²) in [6.45, 7) is 5.14. The zero-order valence-electron chi connectivity index (χ0n) is 7.63. The highest BCUT2D eigenvalue weighted by molar-refractivity contribution is 5.81. The summed E-state index contributed by atoms with van der Waals surface area (Å²) >= 11 is 0. The van der Waals surface area contributed by atoms with Crippen LogP contribution < -0.4 is 5.32 Å². The van der Waals surface area contributed by atoms with Crippen LogP contribution in [-0.2, 0) is 9.59 Å². The fraction of sp³-hybridized carbons (Fsp3) is 0.750. The molecular weight excluding hydrogens is 160 g/mol. The summed E-state index contributed by atoms with van der Waals surface area (Å²) in [4.78, 5) is 21.1. The molecule has 0 bridgehead atoms. The quantitative estimate of drug-likeness (QED) is 0.658. The van der Waals surface area contributed by atoms with Gasteiger partial charge in [0.05, 0.1) is 0 Å². The molecule has 0 fully saturated rings. The molecule has 0 saturated heterocycles. The fourth-order valence-corrected chi connectivity index (χ4v) is 0.938. The van der Waals surface area contributed by atoms with Gasteiger partial charge in [0, 0.05) is 6.92 Å². The van der Waals surface area contributed by atoms with Crippen LogP contribution in [0, 0.1) is 5.92 Å². The first-order valence-electron chi connectivity index (χ1n) is 3.93. The van der Waals surface area contributed by atoms with Gasteiger partial charge < -0.3 is 10.4 Å². The van der Waals surface area contributed by atoms with Crippen molar-refractivity contribution < 1.29 is 14.7 Å². The molecular formula is C8H15NO3. The molecule has 0 spiro atoms. The number of hydrogen-bond acceptors (Lipinski definition) is 2. The van der Waals surface area contributed by atoms with Crippen molar-refractivity contribution >= 4 is 11.9 Å². The van der Waals surface area contributed by atoms with Crippen LogP contribution in [0.2, 0.25) is 0 Å². The molecule has 1 amide bonds. The van der Waals surface area contributed by atoms with Gasteiger partial charge in [0.2, 0.25) is 5.91 Å². The van der Waals surface area contributed by atoms with E-state index in [1.165, 1.54) is 6.92 Å². The van der Waals surface area contributed by atoms with E-state index < -0.39 is 12.0 Å². The minimum Gasteiger partial charge on any atom is -0.480 e. The maximum absolute atomic E-state index is 10.6. The van der Waals surface area contributed by atoms with Gasteiger partial charge in [-0.3, -0.25) is 4.79 Å². The summed E-state index contributed by atoms with van der Waals surface area (Å²) in [6, 6.07) is -0.748. The van der Waals surface area contributed by atoms with E-state index in [4.69, 9.17) is 5.11 Å². The van der Waals surface area contributed by atoms with Crippen molar-refractivity contribution in [1.29, 1.82) is 0 Å². The highest BCUT2D eigenvalue weighted by Crippen LogP contribution is 2.04. The molecule has 0 aromatic rings. The first-order valence-corrected chi connectivity index (χ1v) is 3.93. The van der Waals surface area contributed by atoms with E-state index >= 15 is 0 Å². The number of hydrogen-bond donors (Lipinski definition) is 2. The standard InChI is InChI=1S/C8H15NO3/c1-5(2)4-7(8(11)12)9-6(3)10/h5,7H,4H2,1-3H3,(H,9,10)(H,11,12)/i8+2. The Balaban J connectivity index is 4.04. The monoisotopic (exact) mass is 175 g/mol. The van der Waals surface area contributed by atoms with Crippen LogP contribution in [0.15, 0.2) is 0 Å². The van der Waals surface area contributed by atoms with Crippen LogP contribution in [0.1, 0.15) is 27.2 Å². The van der Waals surface area contributed by atoms with Crippen molar-refractivity contribution in [2.45, 2.75) is 33.2 Å². The first-order chi connectivity index (χ1) is 5.43. The molecule has 0 aromatic heterocycles. The lowest BCUT2D eigenvalue weighted by Crippen LogP contribution is -2.40. The largest absolute Gasteiger partial charge is 0.480 e. The van der Waals surface area contributed by atoms with Gasteiger partial charge in [0.1, 0.15) is 6.04 Å². The number of carboxylic acid groups (broad SMARTS) is 1. The summed E-state index contributed by atoms with van der Waals surface area (Å²) in [6.07, 6.45) is 0.467. The number of nitrogens with one attached hydrogen (secondary N) is 1. The van der Waals surface area contributed by atoms with Crippen molar-refractivity contribution in [3.05, 3.63) is 0 Å². The highest BCUT2D eigenvalue weighted by Gasteiger charge is 2.18. The van der Waals surface area contributed by atoms with Gasteiger partial charge >= 0.3 is 5.97 Å². The summed E-state index contributed by atoms with van der Waals surface area (Å²) < 4.78 is 0. The third-order valence-electron chi connectivity index (χ3n) is 1.38. The maximum atomic E-state index is 10.6. The Bertz CT molecular complexity index is 177. The second kappa shape index (κ2) is 4.74. The second-order valence-corrected chi connectivity index (χ2v) is 3.22. The number of aliphatic carboxylic acids is 1. The van der Waals surface area contributed by atoms with E-state index in [1.54, 1.807) is 0 Å². The van der Waals surface area contributed by atoms with E-state index in [-0.39, 0.29) is 11.8 Å². The fourth-order valence-electron chi connectivity index (χ4n) is 0.938. The van der Waals surface area contributed by atoms with Crippen LogP contribution in [-0.4, -0.2) is 23.0 Å². The third-order valence-corrected chi connectivity index (χ3v) is 1.38. The average molecular weight is 175 g/mol. The summed E-state index contributed by atoms with van der Waals surface area (Å²) in [5.41, 5.74) is 0. The molecule has 12 heavy (non-hydrogen) atoms. The summed E-state index contributed by atoms with van der Waals surface area (Å²) in [5, 5.41) is 11.0. The minimum absolute atomic E-state index is 0.262. The van der Waals surface area contributed by atoms with Crippen molar-refractivity contribution in [1.82, 2.24) is 5.32 Å². The lowest BCUT2D eigenvalue weighted by Gasteiger charge is -2.14. The molecule has 70 valence electrons. The number of carbonyl (C=O) groups is 2. The lowest BCUT2D eigenvalue weighted by molar-refractivity contribution is -0.142. The topological polar surface area (TPSA) is 66.4 Å². The first kappa shape index (κ1) is 10.9. The average Bonchev–Trinajstić information content (AvgIpc) is 1.83. The molecule has 0 aliphatic carbocycles. The SMILES string of the molecule is CC(=O)NC(CC(C)C)[14C](=O)O. The van der Waals surface area contributed by atoms with E-state index in [0.717, 1.165) is 0 Å². The number of carbonyl (C=O) groups excluding carboxylic acids is 1. The van der Waals surface area contributed by atoms with Gasteiger partial charge in [-0.25, -0.2) is 4.79 Å². The maximum Gasteiger partial charge on any atom is 0.326 e. The molecule has 0 heterocycles. The Labute approximate surface area is 72.0 Å². The highest BCUT2D eigenvalue weighted by atomic mass is 16.6. The van der Waals surface area contributed by atoms with Crippen LogP contribution >= 0.6 is 0 Å². The smallest absolute Gasteiger partial charge is 0.326 e. The van der Waals surface area contributed by atoms with Crippen molar-refractivity contribution in [3.8, 4) is 0 Å². The number of carboxylic acids is 1. The predicted molar refractivity (Wildman–Crippen MR) is 44.7 cm³/mol. The van der Waals surface area contributed by atoms with Gasteiger partial charge in [-0.1, -0.05) is 13.8 Å². The number of amides is 1. The molecule has 0 aliphatic rings. The van der Waals surface area contributed by atoms with Crippen molar-refractivity contribution in [3.63, 3.8) is 0 Å². The Morgan fingerprint density at radius 1 is 1.58 bits per heavy atom. The predicted octanol–water partition coefficient (Wildman–Crippen LogP) is 0.622. The number of rotatable bonds is 4. The van der Waals surface area contributed by atoms with E-state index in [0.29, 0.717) is 6.42 Å². The molecule has 0 aromatic carbocycles. The normalized spacial score (nSPS) is 12.7. The molecule has 0 radical (unpaired) electrons. The Morgan fingerprint density at radius 3 is 2.33 bits per heavy atom. The van der Waals surface area contributed by atoms with E-state index in [1.807, 2.05) is 13.8 Å². The van der Waals surface area contributed by atoms with E-state index in [9.17, 15) is 9.59 Å². The minimum atomic E-state index is -0.973. The van der Waals surface area contributed by atoms with Gasteiger partial charge in [0.25, 0.3) is 0 Å².